The minimum Gasteiger partial charge on any atom is -0.507 e. The van der Waals surface area contributed by atoms with E-state index in [-0.39, 0.29) is 17.2 Å². The second kappa shape index (κ2) is 5.61. The number of nitrogens with zero attached hydrogens (tertiary/aromatic N) is 1. The first kappa shape index (κ1) is 13.9. The van der Waals surface area contributed by atoms with Gasteiger partial charge in [-0.25, -0.2) is 4.79 Å². The number of hydrogen-bond donors (Lipinski definition) is 2. The Labute approximate surface area is 115 Å². The molecule has 0 radical (unpaired) electrons. The summed E-state index contributed by atoms with van der Waals surface area (Å²) in [5.41, 5.74) is 0.0700. The van der Waals surface area contributed by atoms with Gasteiger partial charge in [-0.1, -0.05) is 37.3 Å². The Bertz CT molecular complexity index is 742. The minimum atomic E-state index is -0.525. The monoisotopic (exact) mass is 272 g/mol. The predicted octanol–water partition coefficient (Wildman–Crippen LogP) is 1.78. The van der Waals surface area contributed by atoms with Gasteiger partial charge in [-0.15, -0.1) is 0 Å². The summed E-state index contributed by atoms with van der Waals surface area (Å²) >= 11 is 0. The number of nitrogens with one attached hydrogen (secondary N) is 1. The second-order valence-corrected chi connectivity index (χ2v) is 4.62. The van der Waals surface area contributed by atoms with Gasteiger partial charge in [0.05, 0.1) is 5.56 Å². The first-order valence-corrected chi connectivity index (χ1v) is 6.25. The molecule has 1 aromatic carbocycles. The Hall–Kier alpha value is -2.56. The van der Waals surface area contributed by atoms with Crippen LogP contribution >= 0.6 is 0 Å². The van der Waals surface area contributed by atoms with E-state index in [0.29, 0.717) is 0 Å². The maximum Gasteiger partial charge on any atom is 0.328 e. The van der Waals surface area contributed by atoms with Gasteiger partial charge in [-0.05, 0) is 11.6 Å². The maximum atomic E-state index is 11.9. The summed E-state index contributed by atoms with van der Waals surface area (Å²) in [6, 6.07) is 9.63. The first-order valence-electron chi connectivity index (χ1n) is 6.25. The molecule has 104 valence electrons. The topological polar surface area (TPSA) is 75.1 Å². The zero-order valence-corrected chi connectivity index (χ0v) is 11.3. The highest BCUT2D eigenvalue weighted by atomic mass is 16.3. The standard InChI is InChI=1S/C15H16N2O3/c1-10(11-6-4-3-5-7-11)8-13(18)12-9-16-15(20)17(2)14(12)19/h3-10,18H,1-2H3,(H,16,20)/b13-8-/t10-/m0/s1. The van der Waals surface area contributed by atoms with Crippen LogP contribution in [0.25, 0.3) is 5.76 Å². The molecule has 2 rings (SSSR count). The van der Waals surface area contributed by atoms with E-state index in [1.54, 1.807) is 6.08 Å². The van der Waals surface area contributed by atoms with Crippen molar-refractivity contribution in [3.63, 3.8) is 0 Å². The highest BCUT2D eigenvalue weighted by Crippen LogP contribution is 2.19. The Morgan fingerprint density at radius 2 is 1.95 bits per heavy atom. The third-order valence-electron chi connectivity index (χ3n) is 3.19. The van der Waals surface area contributed by atoms with Gasteiger partial charge in [0, 0.05) is 19.2 Å². The van der Waals surface area contributed by atoms with Crippen LogP contribution in [-0.2, 0) is 7.05 Å². The number of aliphatic hydroxyl groups is 1. The molecule has 0 unspecified atom stereocenters. The Morgan fingerprint density at radius 1 is 1.30 bits per heavy atom. The SMILES string of the molecule is C[C@@H](/C=C(\O)c1c[nH]c(=O)n(C)c1=O)c1ccccc1. The quantitative estimate of drug-likeness (QED) is 0.836. The van der Waals surface area contributed by atoms with Crippen LogP contribution in [0.2, 0.25) is 0 Å². The molecular weight excluding hydrogens is 256 g/mol. The number of benzene rings is 1. The van der Waals surface area contributed by atoms with Crippen LogP contribution in [0, 0.1) is 0 Å². The van der Waals surface area contributed by atoms with Gasteiger partial charge in [0.2, 0.25) is 0 Å². The van der Waals surface area contributed by atoms with Crippen LogP contribution in [0.1, 0.15) is 24.0 Å². The van der Waals surface area contributed by atoms with E-state index in [0.717, 1.165) is 10.1 Å². The average Bonchev–Trinajstić information content (AvgIpc) is 2.45. The molecule has 5 heteroatoms. The lowest BCUT2D eigenvalue weighted by atomic mass is 9.99. The number of aromatic amines is 1. The van der Waals surface area contributed by atoms with Gasteiger partial charge >= 0.3 is 5.69 Å². The average molecular weight is 272 g/mol. The molecule has 0 bridgehead atoms. The van der Waals surface area contributed by atoms with Crippen molar-refractivity contribution in [1.82, 2.24) is 9.55 Å². The molecule has 0 aliphatic heterocycles. The van der Waals surface area contributed by atoms with Gasteiger partial charge in [-0.3, -0.25) is 9.36 Å². The lowest BCUT2D eigenvalue weighted by Gasteiger charge is -2.08. The van der Waals surface area contributed by atoms with E-state index >= 15 is 0 Å². The van der Waals surface area contributed by atoms with E-state index in [4.69, 9.17) is 0 Å². The molecule has 20 heavy (non-hydrogen) atoms. The molecule has 1 aromatic heterocycles. The van der Waals surface area contributed by atoms with Crippen molar-refractivity contribution in [2.45, 2.75) is 12.8 Å². The van der Waals surface area contributed by atoms with Crippen molar-refractivity contribution < 1.29 is 5.11 Å². The summed E-state index contributed by atoms with van der Waals surface area (Å²) in [6.45, 7) is 1.92. The summed E-state index contributed by atoms with van der Waals surface area (Å²) < 4.78 is 0.923. The molecule has 0 fully saturated rings. The molecule has 0 saturated carbocycles. The lowest BCUT2D eigenvalue weighted by Crippen LogP contribution is -2.34. The molecular formula is C15H16N2O3. The molecule has 5 nitrogen and oxygen atoms in total. The molecule has 2 N–H and O–H groups in total. The van der Waals surface area contributed by atoms with Crippen molar-refractivity contribution in [1.29, 1.82) is 0 Å². The Balaban J connectivity index is 2.39. The van der Waals surface area contributed by atoms with Crippen molar-refractivity contribution in [2.24, 2.45) is 7.05 Å². The van der Waals surface area contributed by atoms with Crippen LogP contribution in [0.3, 0.4) is 0 Å². The van der Waals surface area contributed by atoms with E-state index in [9.17, 15) is 14.7 Å². The van der Waals surface area contributed by atoms with E-state index < -0.39 is 11.2 Å². The van der Waals surface area contributed by atoms with Crippen LogP contribution in [0.4, 0.5) is 0 Å². The molecule has 0 aliphatic rings. The second-order valence-electron chi connectivity index (χ2n) is 4.62. The fourth-order valence-electron chi connectivity index (χ4n) is 1.93. The van der Waals surface area contributed by atoms with E-state index in [1.165, 1.54) is 13.2 Å². The largest absolute Gasteiger partial charge is 0.507 e. The van der Waals surface area contributed by atoms with E-state index in [2.05, 4.69) is 4.98 Å². The van der Waals surface area contributed by atoms with Crippen LogP contribution in [-0.4, -0.2) is 14.7 Å². The predicted molar refractivity (Wildman–Crippen MR) is 77.8 cm³/mol. The zero-order chi connectivity index (χ0) is 14.7. The molecule has 0 aliphatic carbocycles. The zero-order valence-electron chi connectivity index (χ0n) is 11.3. The van der Waals surface area contributed by atoms with Gasteiger partial charge in [0.25, 0.3) is 5.56 Å². The van der Waals surface area contributed by atoms with Gasteiger partial charge in [0.1, 0.15) is 5.76 Å². The van der Waals surface area contributed by atoms with Crippen LogP contribution in [0.15, 0.2) is 52.2 Å². The number of allylic oxidation sites excluding steroid dienone is 1. The van der Waals surface area contributed by atoms with Crippen molar-refractivity contribution in [2.75, 3.05) is 0 Å². The third kappa shape index (κ3) is 2.71. The van der Waals surface area contributed by atoms with E-state index in [1.807, 2.05) is 37.3 Å². The fraction of sp³-hybridized carbons (Fsp3) is 0.200. The lowest BCUT2D eigenvalue weighted by molar-refractivity contribution is 0.504. The molecule has 0 amide bonds. The normalized spacial score (nSPS) is 13.2. The summed E-state index contributed by atoms with van der Waals surface area (Å²) in [6.07, 6.45) is 2.82. The summed E-state index contributed by atoms with van der Waals surface area (Å²) in [5, 5.41) is 10.1. The summed E-state index contributed by atoms with van der Waals surface area (Å²) in [7, 11) is 1.36. The molecule has 2 aromatic rings. The summed E-state index contributed by atoms with van der Waals surface area (Å²) in [5.74, 6) is -0.189. The Morgan fingerprint density at radius 3 is 2.60 bits per heavy atom. The fourth-order valence-corrected chi connectivity index (χ4v) is 1.93. The number of aromatic nitrogens is 2. The summed E-state index contributed by atoms with van der Waals surface area (Å²) in [4.78, 5) is 25.6. The minimum absolute atomic E-state index is 0.0483. The third-order valence-corrected chi connectivity index (χ3v) is 3.19. The van der Waals surface area contributed by atoms with Gasteiger partial charge in [-0.2, -0.15) is 0 Å². The maximum absolute atomic E-state index is 11.9. The van der Waals surface area contributed by atoms with Crippen LogP contribution in [0.5, 0.6) is 0 Å². The van der Waals surface area contributed by atoms with Gasteiger partial charge < -0.3 is 10.1 Å². The van der Waals surface area contributed by atoms with Crippen molar-refractivity contribution in [3.8, 4) is 0 Å². The van der Waals surface area contributed by atoms with Crippen molar-refractivity contribution in [3.05, 3.63) is 74.6 Å². The molecule has 1 atom stereocenters. The first-order chi connectivity index (χ1) is 9.50. The Kier molecular flexibility index (Phi) is 3.89. The highest BCUT2D eigenvalue weighted by Gasteiger charge is 2.10. The number of rotatable bonds is 3. The number of H-pyrrole nitrogens is 1. The molecule has 0 spiro atoms. The van der Waals surface area contributed by atoms with Gasteiger partial charge in [0.15, 0.2) is 0 Å². The number of aliphatic hydroxyl groups excluding tert-OH is 1. The smallest absolute Gasteiger partial charge is 0.328 e. The van der Waals surface area contributed by atoms with Crippen molar-refractivity contribution >= 4 is 5.76 Å². The molecule has 1 heterocycles. The highest BCUT2D eigenvalue weighted by molar-refractivity contribution is 5.57. The van der Waals surface area contributed by atoms with Crippen LogP contribution < -0.4 is 11.2 Å². The number of hydrogen-bond acceptors (Lipinski definition) is 3. The molecule has 0 saturated heterocycles.